The summed E-state index contributed by atoms with van der Waals surface area (Å²) < 4.78 is 13.8. The van der Waals surface area contributed by atoms with Crippen LogP contribution in [-0.2, 0) is 5.41 Å². The Morgan fingerprint density at radius 2 is 1.76 bits per heavy atom. The third kappa shape index (κ3) is 3.05. The van der Waals surface area contributed by atoms with Gasteiger partial charge in [-0.05, 0) is 44.4 Å². The van der Waals surface area contributed by atoms with E-state index in [2.05, 4.69) is 37.7 Å². The smallest absolute Gasteiger partial charge is 0.133 e. The Morgan fingerprint density at radius 3 is 2.24 bits per heavy atom. The highest BCUT2D eigenvalue weighted by molar-refractivity contribution is 7.71. The maximum atomic E-state index is 13.1. The van der Waals surface area contributed by atoms with Gasteiger partial charge >= 0.3 is 0 Å². The Kier molecular flexibility index (Phi) is 4.28. The lowest BCUT2D eigenvalue weighted by atomic mass is 9.83. The van der Waals surface area contributed by atoms with Crippen molar-refractivity contribution in [2.24, 2.45) is 0 Å². The molecule has 0 fully saturated rings. The standard InChI is InChI=1S/C17H21FN2S/c1-10(2)14-11(3)19-16(20-15(14)21)17(4,5)12-6-8-13(18)9-7-12/h6-10H,1-5H3,(H,19,20,21). The fourth-order valence-corrected chi connectivity index (χ4v) is 3.05. The Morgan fingerprint density at radius 1 is 1.19 bits per heavy atom. The highest BCUT2D eigenvalue weighted by Crippen LogP contribution is 2.30. The molecule has 2 nitrogen and oxygen atoms in total. The first-order valence-corrected chi connectivity index (χ1v) is 7.51. The number of aryl methyl sites for hydroxylation is 1. The molecular formula is C17H21FN2S. The second-order valence-corrected chi connectivity index (χ2v) is 6.60. The van der Waals surface area contributed by atoms with E-state index in [0.717, 1.165) is 22.6 Å². The van der Waals surface area contributed by atoms with Gasteiger partial charge in [0.1, 0.15) is 16.3 Å². The van der Waals surface area contributed by atoms with E-state index in [-0.39, 0.29) is 11.2 Å². The van der Waals surface area contributed by atoms with Crippen LogP contribution in [0, 0.1) is 17.4 Å². The number of halogens is 1. The summed E-state index contributed by atoms with van der Waals surface area (Å²) in [6, 6.07) is 6.53. The summed E-state index contributed by atoms with van der Waals surface area (Å²) in [6.45, 7) is 10.4. The Balaban J connectivity index is 2.55. The van der Waals surface area contributed by atoms with Crippen molar-refractivity contribution in [3.05, 3.63) is 57.4 Å². The van der Waals surface area contributed by atoms with Gasteiger partial charge in [-0.15, -0.1) is 0 Å². The summed E-state index contributed by atoms with van der Waals surface area (Å²) >= 11 is 5.45. The topological polar surface area (TPSA) is 28.7 Å². The van der Waals surface area contributed by atoms with Crippen LogP contribution in [0.1, 0.15) is 56.3 Å². The molecule has 1 heterocycles. The van der Waals surface area contributed by atoms with E-state index < -0.39 is 0 Å². The zero-order valence-electron chi connectivity index (χ0n) is 13.1. The number of nitrogens with one attached hydrogen (secondary N) is 1. The minimum absolute atomic E-state index is 0.234. The minimum atomic E-state index is -0.360. The summed E-state index contributed by atoms with van der Waals surface area (Å²) in [4.78, 5) is 7.97. The third-order valence-corrected chi connectivity index (χ3v) is 4.20. The summed E-state index contributed by atoms with van der Waals surface area (Å²) in [5.74, 6) is 0.909. The average molecular weight is 304 g/mol. The largest absolute Gasteiger partial charge is 0.346 e. The van der Waals surface area contributed by atoms with E-state index in [9.17, 15) is 4.39 Å². The van der Waals surface area contributed by atoms with Gasteiger partial charge in [0.15, 0.2) is 0 Å². The Bertz CT molecular complexity index is 700. The quantitative estimate of drug-likeness (QED) is 0.805. The van der Waals surface area contributed by atoms with Crippen molar-refractivity contribution in [2.75, 3.05) is 0 Å². The molecule has 1 aromatic heterocycles. The van der Waals surface area contributed by atoms with Crippen molar-refractivity contribution in [3.63, 3.8) is 0 Å². The molecule has 0 saturated carbocycles. The van der Waals surface area contributed by atoms with Crippen molar-refractivity contribution in [3.8, 4) is 0 Å². The lowest BCUT2D eigenvalue weighted by molar-refractivity contribution is 0.576. The van der Waals surface area contributed by atoms with Gasteiger partial charge in [0.2, 0.25) is 0 Å². The number of aromatic amines is 1. The molecule has 1 N–H and O–H groups in total. The minimum Gasteiger partial charge on any atom is -0.346 e. The molecule has 0 bridgehead atoms. The number of H-pyrrole nitrogens is 1. The highest BCUT2D eigenvalue weighted by atomic mass is 32.1. The number of benzene rings is 1. The van der Waals surface area contributed by atoms with Crippen LogP contribution in [0.25, 0.3) is 0 Å². The highest BCUT2D eigenvalue weighted by Gasteiger charge is 2.26. The van der Waals surface area contributed by atoms with E-state index >= 15 is 0 Å². The van der Waals surface area contributed by atoms with Crippen molar-refractivity contribution in [2.45, 2.75) is 46.0 Å². The molecule has 0 spiro atoms. The molecule has 0 aliphatic heterocycles. The first-order chi connectivity index (χ1) is 9.73. The molecule has 0 radical (unpaired) electrons. The van der Waals surface area contributed by atoms with E-state index in [1.807, 2.05) is 6.92 Å². The monoisotopic (exact) mass is 304 g/mol. The molecule has 0 unspecified atom stereocenters. The van der Waals surface area contributed by atoms with E-state index in [4.69, 9.17) is 12.2 Å². The van der Waals surface area contributed by atoms with Gasteiger partial charge in [-0.2, -0.15) is 0 Å². The van der Waals surface area contributed by atoms with Crippen LogP contribution in [0.4, 0.5) is 4.39 Å². The molecule has 2 rings (SSSR count). The van der Waals surface area contributed by atoms with Gasteiger partial charge in [0.25, 0.3) is 0 Å². The normalized spacial score (nSPS) is 12.0. The number of hydrogen-bond acceptors (Lipinski definition) is 2. The summed E-state index contributed by atoms with van der Waals surface area (Å²) in [5, 5.41) is 0. The van der Waals surface area contributed by atoms with Crippen molar-refractivity contribution < 1.29 is 4.39 Å². The predicted octanol–water partition coefficient (Wildman–Crippen LogP) is 5.04. The first kappa shape index (κ1) is 15.8. The van der Waals surface area contributed by atoms with Crippen LogP contribution in [0.2, 0.25) is 0 Å². The predicted molar refractivity (Wildman–Crippen MR) is 86.8 cm³/mol. The molecule has 0 saturated heterocycles. The lowest BCUT2D eigenvalue weighted by Gasteiger charge is -2.26. The maximum absolute atomic E-state index is 13.1. The Labute approximate surface area is 130 Å². The van der Waals surface area contributed by atoms with Crippen molar-refractivity contribution in [1.29, 1.82) is 0 Å². The van der Waals surface area contributed by atoms with Crippen LogP contribution in [0.5, 0.6) is 0 Å². The van der Waals surface area contributed by atoms with Gasteiger partial charge in [0, 0.05) is 16.7 Å². The average Bonchev–Trinajstić information content (AvgIpc) is 2.37. The van der Waals surface area contributed by atoms with Gasteiger partial charge in [0.05, 0.1) is 0 Å². The lowest BCUT2D eigenvalue weighted by Crippen LogP contribution is -2.23. The second-order valence-electron chi connectivity index (χ2n) is 6.22. The molecule has 21 heavy (non-hydrogen) atoms. The molecule has 4 heteroatoms. The SMILES string of the molecule is Cc1[nH]c(C(C)(C)c2ccc(F)cc2)nc(=S)c1C(C)C. The number of hydrogen-bond donors (Lipinski definition) is 1. The summed E-state index contributed by atoms with van der Waals surface area (Å²) in [5.41, 5.74) is 2.78. The molecule has 1 aromatic carbocycles. The number of aromatic nitrogens is 2. The second kappa shape index (κ2) is 5.68. The van der Waals surface area contributed by atoms with Gasteiger partial charge in [-0.25, -0.2) is 9.37 Å². The summed E-state index contributed by atoms with van der Waals surface area (Å²) in [6.07, 6.45) is 0. The van der Waals surface area contributed by atoms with Crippen LogP contribution in [-0.4, -0.2) is 9.97 Å². The molecule has 0 aliphatic carbocycles. The van der Waals surface area contributed by atoms with Crippen LogP contribution in [0.3, 0.4) is 0 Å². The fraction of sp³-hybridized carbons (Fsp3) is 0.412. The van der Waals surface area contributed by atoms with Gasteiger partial charge in [-0.3, -0.25) is 0 Å². The van der Waals surface area contributed by atoms with Gasteiger partial charge in [-0.1, -0.05) is 38.2 Å². The van der Waals surface area contributed by atoms with E-state index in [0.29, 0.717) is 10.6 Å². The summed E-state index contributed by atoms with van der Waals surface area (Å²) in [7, 11) is 0. The fourth-order valence-electron chi connectivity index (χ4n) is 2.57. The molecule has 0 amide bonds. The molecule has 0 aliphatic rings. The zero-order valence-corrected chi connectivity index (χ0v) is 13.9. The molecular weight excluding hydrogens is 283 g/mol. The van der Waals surface area contributed by atoms with Crippen LogP contribution < -0.4 is 0 Å². The first-order valence-electron chi connectivity index (χ1n) is 7.11. The number of nitrogens with zero attached hydrogens (tertiary/aromatic N) is 1. The van der Waals surface area contributed by atoms with Crippen molar-refractivity contribution >= 4 is 12.2 Å². The maximum Gasteiger partial charge on any atom is 0.133 e. The van der Waals surface area contributed by atoms with Crippen LogP contribution in [0.15, 0.2) is 24.3 Å². The number of rotatable bonds is 3. The van der Waals surface area contributed by atoms with Crippen LogP contribution >= 0.6 is 12.2 Å². The zero-order chi connectivity index (χ0) is 15.8. The molecule has 112 valence electrons. The third-order valence-electron chi connectivity index (χ3n) is 3.89. The van der Waals surface area contributed by atoms with E-state index in [1.54, 1.807) is 12.1 Å². The van der Waals surface area contributed by atoms with Crippen molar-refractivity contribution in [1.82, 2.24) is 9.97 Å². The molecule has 2 aromatic rings. The van der Waals surface area contributed by atoms with E-state index in [1.165, 1.54) is 12.1 Å². The van der Waals surface area contributed by atoms with Gasteiger partial charge < -0.3 is 4.98 Å². The molecule has 0 atom stereocenters. The Hall–Kier alpha value is -1.55.